The summed E-state index contributed by atoms with van der Waals surface area (Å²) >= 11 is 0. The first-order chi connectivity index (χ1) is 5.49. The second-order valence-corrected chi connectivity index (χ2v) is 3.59. The Morgan fingerprint density at radius 2 is 2.08 bits per heavy atom. The van der Waals surface area contributed by atoms with Gasteiger partial charge in [0.15, 0.2) is 0 Å². The predicted molar refractivity (Wildman–Crippen MR) is 48.6 cm³/mol. The lowest BCUT2D eigenvalue weighted by Crippen LogP contribution is -2.31. The number of hydrogen-bond acceptors (Lipinski definition) is 3. The smallest absolute Gasteiger partial charge is 0.0865 e. The normalized spacial score (nSPS) is 11.7. The van der Waals surface area contributed by atoms with E-state index in [1.54, 1.807) is 13.8 Å². The maximum atomic E-state index is 9.42. The number of rotatable bonds is 5. The highest BCUT2D eigenvalue weighted by molar-refractivity contribution is 4.77. The minimum absolute atomic E-state index is 0.451. The van der Waals surface area contributed by atoms with E-state index in [1.165, 1.54) is 0 Å². The summed E-state index contributed by atoms with van der Waals surface area (Å²) in [6, 6.07) is 2.10. The van der Waals surface area contributed by atoms with Gasteiger partial charge in [-0.05, 0) is 26.8 Å². The van der Waals surface area contributed by atoms with E-state index in [9.17, 15) is 5.11 Å². The van der Waals surface area contributed by atoms with Crippen molar-refractivity contribution in [2.75, 3.05) is 19.6 Å². The molecule has 0 rings (SSSR count). The molecule has 0 amide bonds. The fourth-order valence-corrected chi connectivity index (χ4v) is 0.881. The molecule has 0 aliphatic carbocycles. The Morgan fingerprint density at radius 3 is 2.42 bits per heavy atom. The summed E-state index contributed by atoms with van der Waals surface area (Å²) in [6.45, 7) is 7.69. The third kappa shape index (κ3) is 6.14. The van der Waals surface area contributed by atoms with Gasteiger partial charge in [0.05, 0.1) is 18.2 Å². The van der Waals surface area contributed by atoms with E-state index in [0.29, 0.717) is 13.0 Å². The van der Waals surface area contributed by atoms with Crippen LogP contribution in [0, 0.1) is 11.3 Å². The second-order valence-electron chi connectivity index (χ2n) is 3.59. The first-order valence-electron chi connectivity index (χ1n) is 4.31. The van der Waals surface area contributed by atoms with E-state index in [2.05, 4.69) is 6.07 Å². The summed E-state index contributed by atoms with van der Waals surface area (Å²) in [5, 5.41) is 17.9. The highest BCUT2D eigenvalue weighted by Crippen LogP contribution is 2.07. The van der Waals surface area contributed by atoms with Crippen molar-refractivity contribution in [1.82, 2.24) is 4.90 Å². The van der Waals surface area contributed by atoms with Gasteiger partial charge in [-0.1, -0.05) is 6.92 Å². The molecule has 0 atom stereocenters. The van der Waals surface area contributed by atoms with Crippen LogP contribution in [0.5, 0.6) is 0 Å². The molecule has 0 radical (unpaired) electrons. The molecule has 0 saturated heterocycles. The van der Waals surface area contributed by atoms with Crippen LogP contribution in [0.1, 0.15) is 27.2 Å². The van der Waals surface area contributed by atoms with Crippen LogP contribution in [0.15, 0.2) is 0 Å². The van der Waals surface area contributed by atoms with Crippen molar-refractivity contribution in [3.8, 4) is 6.07 Å². The molecule has 70 valence electrons. The molecular formula is C9H18N2O. The zero-order valence-corrected chi connectivity index (χ0v) is 8.17. The zero-order valence-electron chi connectivity index (χ0n) is 8.17. The molecule has 0 unspecified atom stereocenters. The molecule has 0 bridgehead atoms. The Bertz CT molecular complexity index is 155. The van der Waals surface area contributed by atoms with Crippen LogP contribution >= 0.6 is 0 Å². The standard InChI is InChI=1S/C9H18N2O/c1-4-11(8-6-10)7-5-9(2,3)12/h12H,4-5,7-8H2,1-3H3. The SMILES string of the molecule is CCN(CC#N)CCC(C)(C)O. The number of nitrogens with zero attached hydrogens (tertiary/aromatic N) is 2. The molecule has 0 fully saturated rings. The lowest BCUT2D eigenvalue weighted by atomic mass is 10.1. The maximum Gasteiger partial charge on any atom is 0.0865 e. The molecule has 12 heavy (non-hydrogen) atoms. The van der Waals surface area contributed by atoms with Crippen LogP contribution in [0.4, 0.5) is 0 Å². The average molecular weight is 170 g/mol. The number of aliphatic hydroxyl groups is 1. The first-order valence-corrected chi connectivity index (χ1v) is 4.31. The topological polar surface area (TPSA) is 47.3 Å². The fraction of sp³-hybridized carbons (Fsp3) is 0.889. The summed E-state index contributed by atoms with van der Waals surface area (Å²) < 4.78 is 0. The highest BCUT2D eigenvalue weighted by Gasteiger charge is 2.13. The second kappa shape index (κ2) is 5.13. The van der Waals surface area contributed by atoms with Crippen LogP contribution in [0.25, 0.3) is 0 Å². The van der Waals surface area contributed by atoms with Gasteiger partial charge in [-0.25, -0.2) is 0 Å². The van der Waals surface area contributed by atoms with E-state index in [-0.39, 0.29) is 0 Å². The summed E-state index contributed by atoms with van der Waals surface area (Å²) in [4.78, 5) is 2.01. The molecule has 0 aromatic rings. The quantitative estimate of drug-likeness (QED) is 0.626. The lowest BCUT2D eigenvalue weighted by Gasteiger charge is -2.22. The van der Waals surface area contributed by atoms with Gasteiger partial charge in [0.25, 0.3) is 0 Å². The Kier molecular flexibility index (Phi) is 4.87. The first kappa shape index (κ1) is 11.4. The van der Waals surface area contributed by atoms with Gasteiger partial charge in [-0.15, -0.1) is 0 Å². The molecule has 3 heteroatoms. The van der Waals surface area contributed by atoms with Gasteiger partial charge in [0.2, 0.25) is 0 Å². The lowest BCUT2D eigenvalue weighted by molar-refractivity contribution is 0.0599. The van der Waals surface area contributed by atoms with E-state index in [4.69, 9.17) is 5.26 Å². The molecule has 1 N–H and O–H groups in total. The highest BCUT2D eigenvalue weighted by atomic mass is 16.3. The van der Waals surface area contributed by atoms with E-state index >= 15 is 0 Å². The summed E-state index contributed by atoms with van der Waals surface area (Å²) in [5.41, 5.74) is -0.622. The van der Waals surface area contributed by atoms with Crippen molar-refractivity contribution in [1.29, 1.82) is 5.26 Å². The average Bonchev–Trinajstić information content (AvgIpc) is 1.96. The third-order valence-corrected chi connectivity index (χ3v) is 1.78. The van der Waals surface area contributed by atoms with Crippen LogP contribution in [0.3, 0.4) is 0 Å². The molecule has 0 aromatic heterocycles. The van der Waals surface area contributed by atoms with Gasteiger partial charge in [-0.2, -0.15) is 5.26 Å². The van der Waals surface area contributed by atoms with Crippen LogP contribution in [0.2, 0.25) is 0 Å². The van der Waals surface area contributed by atoms with Crippen molar-refractivity contribution >= 4 is 0 Å². The van der Waals surface area contributed by atoms with Crippen molar-refractivity contribution < 1.29 is 5.11 Å². The van der Waals surface area contributed by atoms with Crippen LogP contribution in [-0.4, -0.2) is 35.2 Å². The Morgan fingerprint density at radius 1 is 1.50 bits per heavy atom. The summed E-state index contributed by atoms with van der Waals surface area (Å²) in [5.74, 6) is 0. The summed E-state index contributed by atoms with van der Waals surface area (Å²) in [7, 11) is 0. The monoisotopic (exact) mass is 170 g/mol. The van der Waals surface area contributed by atoms with Gasteiger partial charge in [0.1, 0.15) is 0 Å². The predicted octanol–water partition coefficient (Wildman–Crippen LogP) is 0.993. The van der Waals surface area contributed by atoms with Gasteiger partial charge >= 0.3 is 0 Å². The molecule has 3 nitrogen and oxygen atoms in total. The summed E-state index contributed by atoms with van der Waals surface area (Å²) in [6.07, 6.45) is 0.711. The largest absolute Gasteiger partial charge is 0.390 e. The molecule has 0 aliphatic rings. The number of hydrogen-bond donors (Lipinski definition) is 1. The van der Waals surface area contributed by atoms with Crippen molar-refractivity contribution in [3.63, 3.8) is 0 Å². The van der Waals surface area contributed by atoms with Crippen LogP contribution < -0.4 is 0 Å². The molecule has 0 heterocycles. The molecule has 0 saturated carbocycles. The third-order valence-electron chi connectivity index (χ3n) is 1.78. The van der Waals surface area contributed by atoms with Crippen LogP contribution in [-0.2, 0) is 0 Å². The maximum absolute atomic E-state index is 9.42. The van der Waals surface area contributed by atoms with E-state index in [0.717, 1.165) is 13.1 Å². The molecular weight excluding hydrogens is 152 g/mol. The molecule has 0 aromatic carbocycles. The van der Waals surface area contributed by atoms with Gasteiger partial charge < -0.3 is 5.11 Å². The Labute approximate surface area is 74.6 Å². The van der Waals surface area contributed by atoms with Crippen molar-refractivity contribution in [2.24, 2.45) is 0 Å². The van der Waals surface area contributed by atoms with Gasteiger partial charge in [-0.3, -0.25) is 4.90 Å². The Balaban J connectivity index is 3.67. The number of nitriles is 1. The van der Waals surface area contributed by atoms with Crippen molar-refractivity contribution in [2.45, 2.75) is 32.8 Å². The fourth-order valence-electron chi connectivity index (χ4n) is 0.881. The van der Waals surface area contributed by atoms with Gasteiger partial charge in [0, 0.05) is 6.54 Å². The van der Waals surface area contributed by atoms with Crippen molar-refractivity contribution in [3.05, 3.63) is 0 Å². The minimum atomic E-state index is -0.622. The molecule has 0 aliphatic heterocycles. The Hall–Kier alpha value is -0.590. The van der Waals surface area contributed by atoms with E-state index in [1.807, 2.05) is 11.8 Å². The minimum Gasteiger partial charge on any atom is -0.390 e. The molecule has 0 spiro atoms. The zero-order chi connectivity index (χ0) is 9.61. The van der Waals surface area contributed by atoms with E-state index < -0.39 is 5.60 Å².